The lowest BCUT2D eigenvalue weighted by molar-refractivity contribution is 0.307. The minimum absolute atomic E-state index is 0.0601. The van der Waals surface area contributed by atoms with Gasteiger partial charge in [-0.3, -0.25) is 0 Å². The van der Waals surface area contributed by atoms with Gasteiger partial charge in [0.25, 0.3) is 0 Å². The summed E-state index contributed by atoms with van der Waals surface area (Å²) in [4.78, 5) is 6.03. The molecule has 1 aromatic carbocycles. The highest BCUT2D eigenvalue weighted by molar-refractivity contribution is 9.13. The fraction of sp³-hybridized carbons (Fsp3) is 0.250. The van der Waals surface area contributed by atoms with E-state index in [0.29, 0.717) is 4.77 Å². The Kier molecular flexibility index (Phi) is 5.56. The van der Waals surface area contributed by atoms with Crippen molar-refractivity contribution in [2.45, 2.75) is 18.1 Å². The van der Waals surface area contributed by atoms with Crippen LogP contribution in [0.5, 0.6) is 5.75 Å². The van der Waals surface area contributed by atoms with E-state index in [4.69, 9.17) is 17.0 Å². The SMILES string of the molecule is CC(Oc1ccc(Br)c(Br)c1)SCc1c[nH]c(=S)[nH]1. The van der Waals surface area contributed by atoms with Crippen molar-refractivity contribution in [3.05, 3.63) is 43.8 Å². The van der Waals surface area contributed by atoms with E-state index in [1.54, 1.807) is 11.8 Å². The molecule has 1 aromatic heterocycles. The molecule has 0 spiro atoms. The topological polar surface area (TPSA) is 40.8 Å². The van der Waals surface area contributed by atoms with E-state index >= 15 is 0 Å². The first-order valence-electron chi connectivity index (χ1n) is 5.54. The zero-order valence-electron chi connectivity index (χ0n) is 10.1. The van der Waals surface area contributed by atoms with Crippen LogP contribution in [0.3, 0.4) is 0 Å². The summed E-state index contributed by atoms with van der Waals surface area (Å²) in [6.07, 6.45) is 1.89. The molecule has 19 heavy (non-hydrogen) atoms. The molecule has 102 valence electrons. The Morgan fingerprint density at radius 1 is 1.37 bits per heavy atom. The molecule has 0 aliphatic carbocycles. The number of rotatable bonds is 5. The predicted octanol–water partition coefficient (Wildman–Crippen LogP) is 5.26. The number of H-pyrrole nitrogens is 2. The number of halogens is 2. The van der Waals surface area contributed by atoms with Crippen LogP contribution in [0.25, 0.3) is 0 Å². The molecule has 0 aliphatic rings. The van der Waals surface area contributed by atoms with Crippen molar-refractivity contribution in [3.8, 4) is 5.75 Å². The van der Waals surface area contributed by atoms with Crippen LogP contribution in [0.15, 0.2) is 33.3 Å². The molecule has 0 saturated carbocycles. The molecule has 0 saturated heterocycles. The summed E-state index contributed by atoms with van der Waals surface area (Å²) >= 11 is 13.6. The first-order chi connectivity index (χ1) is 9.04. The number of thioether (sulfide) groups is 1. The van der Waals surface area contributed by atoms with Gasteiger partial charge >= 0.3 is 0 Å². The molecule has 0 fully saturated rings. The summed E-state index contributed by atoms with van der Waals surface area (Å²) in [6, 6.07) is 5.85. The lowest BCUT2D eigenvalue weighted by Gasteiger charge is -2.14. The number of ether oxygens (including phenoxy) is 1. The molecule has 7 heteroatoms. The monoisotopic (exact) mass is 422 g/mol. The van der Waals surface area contributed by atoms with Crippen LogP contribution >= 0.6 is 55.8 Å². The molecular formula is C12H12Br2N2OS2. The molecule has 1 unspecified atom stereocenters. The van der Waals surface area contributed by atoms with Gasteiger partial charge in [0.15, 0.2) is 4.77 Å². The molecule has 0 radical (unpaired) electrons. The first kappa shape index (κ1) is 15.2. The third-order valence-corrected chi connectivity index (χ3v) is 5.46. The fourth-order valence-electron chi connectivity index (χ4n) is 1.43. The normalized spacial score (nSPS) is 12.4. The number of imidazole rings is 1. The van der Waals surface area contributed by atoms with Gasteiger partial charge in [-0.2, -0.15) is 0 Å². The third-order valence-electron chi connectivity index (χ3n) is 2.32. The number of aromatic nitrogens is 2. The molecule has 3 nitrogen and oxygen atoms in total. The van der Waals surface area contributed by atoms with Gasteiger partial charge < -0.3 is 14.7 Å². The zero-order chi connectivity index (χ0) is 13.8. The van der Waals surface area contributed by atoms with Gasteiger partial charge in [0.1, 0.15) is 11.2 Å². The second-order valence-electron chi connectivity index (χ2n) is 3.84. The molecule has 1 heterocycles. The predicted molar refractivity (Wildman–Crippen MR) is 89.2 cm³/mol. The van der Waals surface area contributed by atoms with E-state index in [0.717, 1.165) is 26.1 Å². The Morgan fingerprint density at radius 2 is 2.16 bits per heavy atom. The average Bonchev–Trinajstić information content (AvgIpc) is 2.77. The smallest absolute Gasteiger partial charge is 0.174 e. The highest BCUT2D eigenvalue weighted by Gasteiger charge is 2.07. The Bertz CT molecular complexity index is 612. The Morgan fingerprint density at radius 3 is 2.79 bits per heavy atom. The van der Waals surface area contributed by atoms with Crippen molar-refractivity contribution in [1.29, 1.82) is 0 Å². The van der Waals surface area contributed by atoms with E-state index in [9.17, 15) is 0 Å². The second kappa shape index (κ2) is 6.97. The van der Waals surface area contributed by atoms with Crippen LogP contribution in [-0.2, 0) is 5.75 Å². The van der Waals surface area contributed by atoms with E-state index in [1.165, 1.54) is 0 Å². The highest BCUT2D eigenvalue weighted by Crippen LogP contribution is 2.29. The summed E-state index contributed by atoms with van der Waals surface area (Å²) < 4.78 is 8.49. The second-order valence-corrected chi connectivity index (χ2v) is 7.24. The minimum Gasteiger partial charge on any atom is -0.480 e. The van der Waals surface area contributed by atoms with Gasteiger partial charge in [-0.25, -0.2) is 0 Å². The van der Waals surface area contributed by atoms with Crippen molar-refractivity contribution in [2.24, 2.45) is 0 Å². The molecule has 0 amide bonds. The van der Waals surface area contributed by atoms with Crippen LogP contribution in [0.1, 0.15) is 12.6 Å². The summed E-state index contributed by atoms with van der Waals surface area (Å²) in [6.45, 7) is 2.03. The third kappa shape index (κ3) is 4.66. The molecule has 0 bridgehead atoms. The van der Waals surface area contributed by atoms with Gasteiger partial charge in [0.05, 0.1) is 0 Å². The summed E-state index contributed by atoms with van der Waals surface area (Å²) in [5.41, 5.74) is 1.13. The number of nitrogens with one attached hydrogen (secondary N) is 2. The average molecular weight is 424 g/mol. The maximum atomic E-state index is 5.84. The maximum Gasteiger partial charge on any atom is 0.174 e. The standard InChI is InChI=1S/C12H12Br2N2OS2/c1-7(19-6-8-5-15-12(18)16-8)17-9-2-3-10(13)11(14)4-9/h2-5,7H,6H2,1H3,(H2,15,16,18). The molecule has 0 aliphatic heterocycles. The minimum atomic E-state index is 0.0601. The van der Waals surface area contributed by atoms with Gasteiger partial charge in [-0.15, -0.1) is 11.8 Å². The molecule has 2 N–H and O–H groups in total. The van der Waals surface area contributed by atoms with Gasteiger partial charge in [0, 0.05) is 26.6 Å². The summed E-state index contributed by atoms with van der Waals surface area (Å²) in [5, 5.41) is 0. The lowest BCUT2D eigenvalue weighted by Crippen LogP contribution is -2.07. The van der Waals surface area contributed by atoms with Crippen molar-refractivity contribution in [1.82, 2.24) is 9.97 Å². The van der Waals surface area contributed by atoms with Crippen molar-refractivity contribution in [2.75, 3.05) is 0 Å². The van der Waals surface area contributed by atoms with E-state index in [2.05, 4.69) is 41.8 Å². The van der Waals surface area contributed by atoms with Crippen LogP contribution in [0.2, 0.25) is 0 Å². The van der Waals surface area contributed by atoms with Crippen LogP contribution in [0.4, 0.5) is 0 Å². The largest absolute Gasteiger partial charge is 0.480 e. The zero-order valence-corrected chi connectivity index (χ0v) is 14.9. The van der Waals surface area contributed by atoms with Crippen molar-refractivity contribution >= 4 is 55.8 Å². The van der Waals surface area contributed by atoms with Gasteiger partial charge in [0.2, 0.25) is 0 Å². The van der Waals surface area contributed by atoms with Crippen LogP contribution in [0, 0.1) is 4.77 Å². The fourth-order valence-corrected chi connectivity index (χ4v) is 2.97. The van der Waals surface area contributed by atoms with Crippen LogP contribution < -0.4 is 4.74 Å². The Labute approximate surface area is 137 Å². The summed E-state index contributed by atoms with van der Waals surface area (Å²) in [7, 11) is 0. The quantitative estimate of drug-likeness (QED) is 0.509. The number of hydrogen-bond acceptors (Lipinski definition) is 3. The van der Waals surface area contributed by atoms with E-state index in [1.807, 2.05) is 31.3 Å². The Balaban J connectivity index is 1.88. The maximum absolute atomic E-state index is 5.84. The highest BCUT2D eigenvalue weighted by atomic mass is 79.9. The van der Waals surface area contributed by atoms with E-state index in [-0.39, 0.29) is 5.44 Å². The van der Waals surface area contributed by atoms with Crippen molar-refractivity contribution in [3.63, 3.8) is 0 Å². The Hall–Kier alpha value is -0.240. The van der Waals surface area contributed by atoms with Gasteiger partial charge in [-0.05, 0) is 69.2 Å². The molecular weight excluding hydrogens is 412 g/mol. The molecule has 2 aromatic rings. The number of benzene rings is 1. The van der Waals surface area contributed by atoms with E-state index < -0.39 is 0 Å². The number of hydrogen-bond donors (Lipinski definition) is 2. The summed E-state index contributed by atoms with van der Waals surface area (Å²) in [5.74, 6) is 1.67. The molecule has 1 atom stereocenters. The van der Waals surface area contributed by atoms with Crippen molar-refractivity contribution < 1.29 is 4.74 Å². The molecule has 2 rings (SSSR count). The first-order valence-corrected chi connectivity index (χ1v) is 8.59. The number of aromatic amines is 2. The lowest BCUT2D eigenvalue weighted by atomic mass is 10.3. The van der Waals surface area contributed by atoms with Crippen LogP contribution in [-0.4, -0.2) is 15.4 Å². The van der Waals surface area contributed by atoms with Gasteiger partial charge in [-0.1, -0.05) is 0 Å².